The maximum absolute atomic E-state index is 12.2. The van der Waals surface area contributed by atoms with E-state index in [-0.39, 0.29) is 11.7 Å². The lowest BCUT2D eigenvalue weighted by atomic mass is 10.2. The van der Waals surface area contributed by atoms with Crippen LogP contribution in [0.4, 0.5) is 0 Å². The molecule has 0 bridgehead atoms. The van der Waals surface area contributed by atoms with E-state index < -0.39 is 0 Å². The highest BCUT2D eigenvalue weighted by Gasteiger charge is 2.17. The number of amides is 1. The van der Waals surface area contributed by atoms with Crippen LogP contribution in [0.3, 0.4) is 0 Å². The third-order valence-corrected chi connectivity index (χ3v) is 2.65. The van der Waals surface area contributed by atoms with Crippen molar-refractivity contribution in [2.24, 2.45) is 10.9 Å². The molecule has 18 heavy (non-hydrogen) atoms. The van der Waals surface area contributed by atoms with Crippen molar-refractivity contribution in [2.75, 3.05) is 13.1 Å². The van der Waals surface area contributed by atoms with E-state index >= 15 is 0 Å². The van der Waals surface area contributed by atoms with Gasteiger partial charge in [-0.3, -0.25) is 9.78 Å². The van der Waals surface area contributed by atoms with Gasteiger partial charge in [-0.1, -0.05) is 11.2 Å². The summed E-state index contributed by atoms with van der Waals surface area (Å²) in [5, 5.41) is 11.4. The van der Waals surface area contributed by atoms with Gasteiger partial charge in [0.2, 0.25) is 0 Å². The predicted molar refractivity (Wildman–Crippen MR) is 68.6 cm³/mol. The number of oxime groups is 1. The molecule has 6 heteroatoms. The highest BCUT2D eigenvalue weighted by molar-refractivity contribution is 5.94. The van der Waals surface area contributed by atoms with Gasteiger partial charge in [0.15, 0.2) is 0 Å². The quantitative estimate of drug-likeness (QED) is 0.353. The molecular formula is C12H18N4O2. The molecular weight excluding hydrogens is 232 g/mol. The van der Waals surface area contributed by atoms with Gasteiger partial charge in [0, 0.05) is 25.7 Å². The van der Waals surface area contributed by atoms with Crippen molar-refractivity contribution in [3.8, 4) is 0 Å². The molecule has 1 rings (SSSR count). The summed E-state index contributed by atoms with van der Waals surface area (Å²) in [6.07, 6.45) is 1.93. The summed E-state index contributed by atoms with van der Waals surface area (Å²) >= 11 is 0. The molecule has 1 amide bonds. The minimum absolute atomic E-state index is 0.110. The van der Waals surface area contributed by atoms with Gasteiger partial charge < -0.3 is 15.8 Å². The third kappa shape index (κ3) is 3.44. The lowest BCUT2D eigenvalue weighted by Gasteiger charge is -2.20. The molecule has 0 spiro atoms. The first-order valence-electron chi connectivity index (χ1n) is 5.77. The van der Waals surface area contributed by atoms with Crippen LogP contribution in [0.1, 0.15) is 29.4 Å². The number of hydrogen-bond donors (Lipinski definition) is 2. The molecule has 0 atom stereocenters. The number of hydrogen-bond acceptors (Lipinski definition) is 4. The highest BCUT2D eigenvalue weighted by Crippen LogP contribution is 2.07. The van der Waals surface area contributed by atoms with E-state index in [4.69, 9.17) is 10.9 Å². The number of rotatable bonds is 5. The zero-order chi connectivity index (χ0) is 13.5. The van der Waals surface area contributed by atoms with Gasteiger partial charge in [-0.25, -0.2) is 0 Å². The van der Waals surface area contributed by atoms with Crippen LogP contribution >= 0.6 is 0 Å². The highest BCUT2D eigenvalue weighted by atomic mass is 16.4. The number of aryl methyl sites for hydroxylation is 1. The van der Waals surface area contributed by atoms with E-state index in [1.54, 1.807) is 17.2 Å². The van der Waals surface area contributed by atoms with Crippen LogP contribution in [0.5, 0.6) is 0 Å². The van der Waals surface area contributed by atoms with Crippen LogP contribution in [0.15, 0.2) is 23.5 Å². The van der Waals surface area contributed by atoms with Crippen LogP contribution in [0, 0.1) is 6.92 Å². The Hall–Kier alpha value is -2.11. The largest absolute Gasteiger partial charge is 0.409 e. The Labute approximate surface area is 106 Å². The van der Waals surface area contributed by atoms with Gasteiger partial charge in [-0.2, -0.15) is 0 Å². The standard InChI is InChI=1S/C12H18N4O2/c1-3-16(8-6-10(13)15-18)12(17)11-9(2)5-4-7-14-11/h4-5,7,18H,3,6,8H2,1-2H3,(H2,13,15). The van der Waals surface area contributed by atoms with E-state index in [9.17, 15) is 4.79 Å². The fraction of sp³-hybridized carbons (Fsp3) is 0.417. The minimum Gasteiger partial charge on any atom is -0.409 e. The Kier molecular flexibility index (Phi) is 5.10. The number of nitrogens with zero attached hydrogens (tertiary/aromatic N) is 3. The molecule has 0 unspecified atom stereocenters. The molecule has 98 valence electrons. The molecule has 0 fully saturated rings. The minimum atomic E-state index is -0.138. The van der Waals surface area contributed by atoms with E-state index in [1.165, 1.54) is 0 Å². The smallest absolute Gasteiger partial charge is 0.272 e. The molecule has 0 saturated carbocycles. The molecule has 3 N–H and O–H groups in total. The number of pyridine rings is 1. The van der Waals surface area contributed by atoms with Gasteiger partial charge in [0.05, 0.1) is 0 Å². The summed E-state index contributed by atoms with van der Waals surface area (Å²) < 4.78 is 0. The number of carbonyl (C=O) groups excluding carboxylic acids is 1. The Morgan fingerprint density at radius 3 is 2.89 bits per heavy atom. The Morgan fingerprint density at radius 2 is 2.33 bits per heavy atom. The van der Waals surface area contributed by atoms with Crippen LogP contribution in [-0.4, -0.2) is 39.9 Å². The molecule has 0 radical (unpaired) electrons. The van der Waals surface area contributed by atoms with E-state index in [2.05, 4.69) is 10.1 Å². The third-order valence-electron chi connectivity index (χ3n) is 2.65. The van der Waals surface area contributed by atoms with Gasteiger partial charge >= 0.3 is 0 Å². The van der Waals surface area contributed by atoms with Gasteiger partial charge in [0.1, 0.15) is 11.5 Å². The second-order valence-corrected chi connectivity index (χ2v) is 3.90. The monoisotopic (exact) mass is 250 g/mol. The van der Waals surface area contributed by atoms with E-state index in [0.29, 0.717) is 25.2 Å². The lowest BCUT2D eigenvalue weighted by Crippen LogP contribution is -2.34. The van der Waals surface area contributed by atoms with Crippen molar-refractivity contribution in [1.29, 1.82) is 0 Å². The Morgan fingerprint density at radius 1 is 1.61 bits per heavy atom. The molecule has 0 aliphatic carbocycles. The SMILES string of the molecule is CCN(CCC(N)=NO)C(=O)c1ncccc1C. The first kappa shape index (κ1) is 14.0. The first-order valence-corrected chi connectivity index (χ1v) is 5.77. The van der Waals surface area contributed by atoms with Gasteiger partial charge in [-0.15, -0.1) is 0 Å². The second kappa shape index (κ2) is 6.58. The molecule has 0 aliphatic rings. The Balaban J connectivity index is 2.77. The van der Waals surface area contributed by atoms with Crippen LogP contribution < -0.4 is 5.73 Å². The maximum Gasteiger partial charge on any atom is 0.272 e. The molecule has 1 heterocycles. The van der Waals surface area contributed by atoms with Crippen LogP contribution in [-0.2, 0) is 0 Å². The molecule has 1 aromatic heterocycles. The molecule has 6 nitrogen and oxygen atoms in total. The van der Waals surface area contributed by atoms with Gasteiger partial charge in [-0.05, 0) is 25.5 Å². The lowest BCUT2D eigenvalue weighted by molar-refractivity contribution is 0.0761. The zero-order valence-electron chi connectivity index (χ0n) is 10.6. The van der Waals surface area contributed by atoms with E-state index in [0.717, 1.165) is 5.56 Å². The number of amidine groups is 1. The zero-order valence-corrected chi connectivity index (χ0v) is 10.6. The van der Waals surface area contributed by atoms with Crippen molar-refractivity contribution >= 4 is 11.7 Å². The summed E-state index contributed by atoms with van der Waals surface area (Å²) in [6.45, 7) is 4.68. The fourth-order valence-electron chi connectivity index (χ4n) is 1.56. The topological polar surface area (TPSA) is 91.8 Å². The number of nitrogens with two attached hydrogens (primary N) is 1. The summed E-state index contributed by atoms with van der Waals surface area (Å²) in [5.41, 5.74) is 6.67. The van der Waals surface area contributed by atoms with E-state index in [1.807, 2.05) is 19.9 Å². The van der Waals surface area contributed by atoms with Crippen LogP contribution in [0.25, 0.3) is 0 Å². The predicted octanol–water partition coefficient (Wildman–Crippen LogP) is 0.989. The number of carbonyl (C=O) groups is 1. The summed E-state index contributed by atoms with van der Waals surface area (Å²) in [7, 11) is 0. The average molecular weight is 250 g/mol. The molecule has 0 saturated heterocycles. The van der Waals surface area contributed by atoms with Gasteiger partial charge in [0.25, 0.3) is 5.91 Å². The normalized spacial score (nSPS) is 11.3. The van der Waals surface area contributed by atoms with Crippen LogP contribution in [0.2, 0.25) is 0 Å². The molecule has 1 aromatic rings. The summed E-state index contributed by atoms with van der Waals surface area (Å²) in [4.78, 5) is 17.9. The summed E-state index contributed by atoms with van der Waals surface area (Å²) in [5.74, 6) is -0.0275. The first-order chi connectivity index (χ1) is 8.60. The Bertz CT molecular complexity index is 445. The van der Waals surface area contributed by atoms with Crippen molar-refractivity contribution in [1.82, 2.24) is 9.88 Å². The van der Waals surface area contributed by atoms with Crippen molar-refractivity contribution < 1.29 is 10.0 Å². The average Bonchev–Trinajstić information content (AvgIpc) is 2.39. The van der Waals surface area contributed by atoms with Crippen molar-refractivity contribution in [2.45, 2.75) is 20.3 Å². The number of aromatic nitrogens is 1. The van der Waals surface area contributed by atoms with Crippen molar-refractivity contribution in [3.05, 3.63) is 29.6 Å². The summed E-state index contributed by atoms with van der Waals surface area (Å²) in [6, 6.07) is 3.64. The second-order valence-electron chi connectivity index (χ2n) is 3.90. The van der Waals surface area contributed by atoms with Crippen molar-refractivity contribution in [3.63, 3.8) is 0 Å². The maximum atomic E-state index is 12.2. The molecule has 0 aromatic carbocycles. The fourth-order valence-corrected chi connectivity index (χ4v) is 1.56. The molecule has 0 aliphatic heterocycles.